The summed E-state index contributed by atoms with van der Waals surface area (Å²) in [7, 11) is -0.787. The summed E-state index contributed by atoms with van der Waals surface area (Å²) in [5.41, 5.74) is 0.838. The third-order valence-electron chi connectivity index (χ3n) is 4.65. The van der Waals surface area contributed by atoms with Crippen molar-refractivity contribution in [2.45, 2.75) is 4.90 Å². The molecule has 1 aliphatic heterocycles. The highest BCUT2D eigenvalue weighted by atomic mass is 32.2. The Morgan fingerprint density at radius 2 is 1.77 bits per heavy atom. The number of anilines is 1. The van der Waals surface area contributed by atoms with Crippen molar-refractivity contribution < 1.29 is 27.4 Å². The maximum absolute atomic E-state index is 12.8. The molecule has 0 aromatic heterocycles. The molecule has 0 amide bonds. The summed E-state index contributed by atoms with van der Waals surface area (Å²) in [6.45, 7) is 2.53. The number of ether oxygens (including phenoxy) is 3. The van der Waals surface area contributed by atoms with Gasteiger partial charge in [-0.1, -0.05) is 18.2 Å². The van der Waals surface area contributed by atoms with E-state index in [0.29, 0.717) is 37.7 Å². The number of morpholine rings is 1. The van der Waals surface area contributed by atoms with E-state index in [1.54, 1.807) is 6.07 Å². The minimum Gasteiger partial charge on any atom is -0.490 e. The molecule has 0 spiro atoms. The molecule has 8 nitrogen and oxygen atoms in total. The molecule has 0 radical (unpaired) electrons. The van der Waals surface area contributed by atoms with Crippen molar-refractivity contribution in [3.63, 3.8) is 0 Å². The van der Waals surface area contributed by atoms with Gasteiger partial charge in [0.15, 0.2) is 0 Å². The first-order chi connectivity index (χ1) is 14.4. The Bertz CT molecular complexity index is 957. The van der Waals surface area contributed by atoms with E-state index in [2.05, 4.69) is 0 Å². The lowest BCUT2D eigenvalue weighted by Crippen LogP contribution is -2.37. The van der Waals surface area contributed by atoms with E-state index in [1.807, 2.05) is 35.2 Å². The number of esters is 1. The van der Waals surface area contributed by atoms with Gasteiger partial charge in [0.1, 0.15) is 19.0 Å². The molecule has 1 fully saturated rings. The molecule has 1 saturated heterocycles. The van der Waals surface area contributed by atoms with Gasteiger partial charge in [-0.05, 0) is 30.3 Å². The number of nitrogens with zero attached hydrogens (tertiary/aromatic N) is 2. The zero-order chi connectivity index (χ0) is 21.6. The van der Waals surface area contributed by atoms with Crippen LogP contribution in [0.5, 0.6) is 5.75 Å². The first-order valence-corrected chi connectivity index (χ1v) is 11.1. The van der Waals surface area contributed by atoms with Crippen molar-refractivity contribution in [3.05, 3.63) is 54.1 Å². The molecule has 0 bridgehead atoms. The quantitative estimate of drug-likeness (QED) is 0.464. The van der Waals surface area contributed by atoms with E-state index in [9.17, 15) is 13.2 Å². The average molecular weight is 435 g/mol. The summed E-state index contributed by atoms with van der Waals surface area (Å²) in [5, 5.41) is 0. The standard InChI is InChI=1S/C21H26N2O6S/c1-22(2)30(25,26)18-8-9-20(23-10-12-27-13-11-23)19(16-18)21(24)29-15-14-28-17-6-4-3-5-7-17/h3-9,16H,10-15H2,1-2H3. The highest BCUT2D eigenvalue weighted by Gasteiger charge is 2.25. The first kappa shape index (κ1) is 22.1. The number of carbonyl (C=O) groups excluding carboxylic acids is 1. The Morgan fingerprint density at radius 1 is 1.07 bits per heavy atom. The van der Waals surface area contributed by atoms with Crippen LogP contribution in [-0.2, 0) is 19.5 Å². The van der Waals surface area contributed by atoms with Crippen LogP contribution >= 0.6 is 0 Å². The Balaban J connectivity index is 1.77. The van der Waals surface area contributed by atoms with Crippen molar-refractivity contribution in [2.24, 2.45) is 0 Å². The molecule has 2 aromatic carbocycles. The molecule has 0 unspecified atom stereocenters. The second-order valence-electron chi connectivity index (χ2n) is 6.86. The molecule has 1 aliphatic rings. The van der Waals surface area contributed by atoms with Crippen molar-refractivity contribution in [1.82, 2.24) is 4.31 Å². The van der Waals surface area contributed by atoms with Crippen LogP contribution in [0.15, 0.2) is 53.4 Å². The minimum atomic E-state index is -3.68. The number of benzene rings is 2. The largest absolute Gasteiger partial charge is 0.490 e. The number of rotatable bonds is 8. The topological polar surface area (TPSA) is 85.4 Å². The van der Waals surface area contributed by atoms with Crippen LogP contribution in [0.2, 0.25) is 0 Å². The lowest BCUT2D eigenvalue weighted by Gasteiger charge is -2.30. The number of hydrogen-bond acceptors (Lipinski definition) is 7. The molecule has 162 valence electrons. The van der Waals surface area contributed by atoms with Gasteiger partial charge in [0.25, 0.3) is 0 Å². The van der Waals surface area contributed by atoms with Crippen LogP contribution in [0, 0.1) is 0 Å². The molecule has 0 atom stereocenters. The predicted molar refractivity (Wildman–Crippen MR) is 113 cm³/mol. The van der Waals surface area contributed by atoms with Crippen LogP contribution < -0.4 is 9.64 Å². The molecule has 0 aliphatic carbocycles. The van der Waals surface area contributed by atoms with Crippen LogP contribution in [0.4, 0.5) is 5.69 Å². The molecule has 1 heterocycles. The normalized spacial score (nSPS) is 14.6. The Morgan fingerprint density at radius 3 is 2.43 bits per heavy atom. The summed E-state index contributed by atoms with van der Waals surface area (Å²) in [5.74, 6) is 0.0885. The Labute approximate surface area is 177 Å². The fourth-order valence-corrected chi connectivity index (χ4v) is 3.95. The summed E-state index contributed by atoms with van der Waals surface area (Å²) in [4.78, 5) is 14.9. The fourth-order valence-electron chi connectivity index (χ4n) is 3.02. The number of sulfonamides is 1. The van der Waals surface area contributed by atoms with Crippen LogP contribution in [0.25, 0.3) is 0 Å². The minimum absolute atomic E-state index is 0.0389. The van der Waals surface area contributed by atoms with Crippen molar-refractivity contribution in [1.29, 1.82) is 0 Å². The third-order valence-corrected chi connectivity index (χ3v) is 6.46. The van der Waals surface area contributed by atoms with E-state index in [4.69, 9.17) is 14.2 Å². The lowest BCUT2D eigenvalue weighted by molar-refractivity contribution is 0.0450. The summed E-state index contributed by atoms with van der Waals surface area (Å²) in [6, 6.07) is 13.8. The maximum Gasteiger partial charge on any atom is 0.340 e. The Kier molecular flexibility index (Phi) is 7.30. The smallest absolute Gasteiger partial charge is 0.340 e. The van der Waals surface area contributed by atoms with Gasteiger partial charge in [-0.15, -0.1) is 0 Å². The molecule has 0 N–H and O–H groups in total. The van der Waals surface area contributed by atoms with Gasteiger partial charge >= 0.3 is 5.97 Å². The number of carbonyl (C=O) groups is 1. The highest BCUT2D eigenvalue weighted by molar-refractivity contribution is 7.89. The predicted octanol–water partition coefficient (Wildman–Crippen LogP) is 2.01. The molecule has 2 aromatic rings. The van der Waals surface area contributed by atoms with E-state index in [-0.39, 0.29) is 23.7 Å². The molecule has 3 rings (SSSR count). The highest BCUT2D eigenvalue weighted by Crippen LogP contribution is 2.27. The molecule has 30 heavy (non-hydrogen) atoms. The Hall–Kier alpha value is -2.62. The third kappa shape index (κ3) is 5.29. The van der Waals surface area contributed by atoms with Gasteiger partial charge in [-0.2, -0.15) is 0 Å². The van der Waals surface area contributed by atoms with E-state index in [0.717, 1.165) is 4.31 Å². The van der Waals surface area contributed by atoms with E-state index in [1.165, 1.54) is 26.2 Å². The van der Waals surface area contributed by atoms with Gasteiger partial charge in [0.05, 0.1) is 29.4 Å². The van der Waals surface area contributed by atoms with Crippen LogP contribution in [-0.4, -0.2) is 72.3 Å². The summed E-state index contributed by atoms with van der Waals surface area (Å²) in [6.07, 6.45) is 0. The molecule has 0 saturated carbocycles. The van der Waals surface area contributed by atoms with Crippen molar-refractivity contribution >= 4 is 21.7 Å². The lowest BCUT2D eigenvalue weighted by atomic mass is 10.1. The van der Waals surface area contributed by atoms with E-state index >= 15 is 0 Å². The second kappa shape index (κ2) is 9.92. The SMILES string of the molecule is CN(C)S(=O)(=O)c1ccc(N2CCOCC2)c(C(=O)OCCOc2ccccc2)c1. The zero-order valence-electron chi connectivity index (χ0n) is 17.1. The summed E-state index contributed by atoms with van der Waals surface area (Å²) >= 11 is 0. The number of hydrogen-bond donors (Lipinski definition) is 0. The zero-order valence-corrected chi connectivity index (χ0v) is 17.9. The second-order valence-corrected chi connectivity index (χ2v) is 9.02. The first-order valence-electron chi connectivity index (χ1n) is 9.64. The maximum atomic E-state index is 12.8. The van der Waals surface area contributed by atoms with Gasteiger partial charge in [0, 0.05) is 27.2 Å². The monoisotopic (exact) mass is 434 g/mol. The molecular formula is C21H26N2O6S. The van der Waals surface area contributed by atoms with Crippen molar-refractivity contribution in [3.8, 4) is 5.75 Å². The van der Waals surface area contributed by atoms with Crippen molar-refractivity contribution in [2.75, 3.05) is 58.5 Å². The molecular weight excluding hydrogens is 408 g/mol. The average Bonchev–Trinajstić information content (AvgIpc) is 2.77. The van der Waals surface area contributed by atoms with Gasteiger partial charge in [-0.25, -0.2) is 17.5 Å². The van der Waals surface area contributed by atoms with Gasteiger partial charge < -0.3 is 19.1 Å². The molecule has 9 heteroatoms. The van der Waals surface area contributed by atoms with Crippen LogP contribution in [0.1, 0.15) is 10.4 Å². The van der Waals surface area contributed by atoms with E-state index < -0.39 is 16.0 Å². The fraction of sp³-hybridized carbons (Fsp3) is 0.381. The van der Waals surface area contributed by atoms with Gasteiger partial charge in [0.2, 0.25) is 10.0 Å². The van der Waals surface area contributed by atoms with Crippen LogP contribution in [0.3, 0.4) is 0 Å². The number of para-hydroxylation sites is 1. The van der Waals surface area contributed by atoms with Gasteiger partial charge in [-0.3, -0.25) is 0 Å². The summed E-state index contributed by atoms with van der Waals surface area (Å²) < 4.78 is 42.5.